The van der Waals surface area contributed by atoms with E-state index in [0.29, 0.717) is 6.54 Å². The lowest BCUT2D eigenvalue weighted by Crippen LogP contribution is -2.49. The van der Waals surface area contributed by atoms with Crippen LogP contribution in [-0.2, 0) is 9.53 Å². The quantitative estimate of drug-likeness (QED) is 0.682. The molecule has 2 fully saturated rings. The first-order chi connectivity index (χ1) is 15.9. The van der Waals surface area contributed by atoms with E-state index < -0.39 is 11.7 Å². The van der Waals surface area contributed by atoms with Gasteiger partial charge in [0.1, 0.15) is 5.84 Å². The second kappa shape index (κ2) is 8.83. The number of benzene rings is 2. The smallest absolute Gasteiger partial charge is 0.417 e. The zero-order valence-electron chi connectivity index (χ0n) is 19.0. The Hall–Kier alpha value is -2.84. The first-order valence-corrected chi connectivity index (χ1v) is 12.2. The number of aliphatic imine (C=N–C) groups is 1. The van der Waals surface area contributed by atoms with Crippen LogP contribution in [0.25, 0.3) is 0 Å². The van der Waals surface area contributed by atoms with Crippen LogP contribution in [0.2, 0.25) is 0 Å². The SMILES string of the molecule is CC1(C)OC(=O)N(CCCN2CCN(C3=Nc4ccccc4Sc4ccccc43)CC2)C1=O. The lowest BCUT2D eigenvalue weighted by Gasteiger charge is -2.36. The number of carbonyl (C=O) groups is 2. The van der Waals surface area contributed by atoms with Crippen LogP contribution >= 0.6 is 11.8 Å². The fraction of sp³-hybridized carbons (Fsp3) is 0.400. The summed E-state index contributed by atoms with van der Waals surface area (Å²) in [5.41, 5.74) is 1.15. The predicted octanol–water partition coefficient (Wildman–Crippen LogP) is 3.99. The second-order valence-corrected chi connectivity index (χ2v) is 10.1. The molecule has 172 valence electrons. The number of para-hydroxylation sites is 1. The van der Waals surface area contributed by atoms with Gasteiger partial charge in [-0.25, -0.2) is 14.7 Å². The average molecular weight is 465 g/mol. The largest absolute Gasteiger partial charge is 0.433 e. The number of carbonyl (C=O) groups excluding carboxylic acids is 2. The van der Waals surface area contributed by atoms with E-state index in [1.807, 2.05) is 6.07 Å². The van der Waals surface area contributed by atoms with Crippen molar-refractivity contribution in [1.82, 2.24) is 14.7 Å². The van der Waals surface area contributed by atoms with Gasteiger partial charge in [0.05, 0.1) is 5.69 Å². The molecule has 0 radical (unpaired) electrons. The van der Waals surface area contributed by atoms with Crippen molar-refractivity contribution in [2.24, 2.45) is 4.99 Å². The van der Waals surface area contributed by atoms with Crippen LogP contribution in [0.1, 0.15) is 25.8 Å². The first-order valence-electron chi connectivity index (χ1n) is 11.4. The van der Waals surface area contributed by atoms with E-state index in [9.17, 15) is 9.59 Å². The summed E-state index contributed by atoms with van der Waals surface area (Å²) in [6.45, 7) is 8.12. The van der Waals surface area contributed by atoms with Gasteiger partial charge in [0.2, 0.25) is 0 Å². The van der Waals surface area contributed by atoms with Gasteiger partial charge in [0.15, 0.2) is 5.60 Å². The molecule has 2 aromatic rings. The highest BCUT2D eigenvalue weighted by atomic mass is 32.2. The number of cyclic esters (lactones) is 1. The number of rotatable bonds is 4. The molecular formula is C25H28N4O3S. The van der Waals surface area contributed by atoms with Gasteiger partial charge in [0, 0.05) is 48.1 Å². The van der Waals surface area contributed by atoms with Gasteiger partial charge in [-0.2, -0.15) is 0 Å². The Balaban J connectivity index is 1.22. The molecular weight excluding hydrogens is 436 g/mol. The van der Waals surface area contributed by atoms with Crippen molar-refractivity contribution in [1.29, 1.82) is 0 Å². The van der Waals surface area contributed by atoms with E-state index in [0.717, 1.165) is 50.7 Å². The molecule has 0 aromatic heterocycles. The molecule has 8 heteroatoms. The standard InChI is InChI=1S/C25H28N4O3S/c1-25(2)23(30)29(24(31)32-25)13-7-12-27-14-16-28(17-15-27)22-18-8-3-5-10-20(18)33-21-11-6-4-9-19(21)26-22/h3-6,8-11H,7,12-17H2,1-2H3. The summed E-state index contributed by atoms with van der Waals surface area (Å²) in [6, 6.07) is 16.8. The zero-order chi connectivity index (χ0) is 23.0. The number of hydrogen-bond donors (Lipinski definition) is 0. The van der Waals surface area contributed by atoms with Crippen LogP contribution < -0.4 is 0 Å². The second-order valence-electron chi connectivity index (χ2n) is 9.02. The highest BCUT2D eigenvalue weighted by Gasteiger charge is 2.46. The van der Waals surface area contributed by atoms with E-state index in [2.05, 4.69) is 52.3 Å². The lowest BCUT2D eigenvalue weighted by molar-refractivity contribution is -0.134. The summed E-state index contributed by atoms with van der Waals surface area (Å²) in [4.78, 5) is 37.8. The third-order valence-corrected chi connectivity index (χ3v) is 7.43. The van der Waals surface area contributed by atoms with Crippen molar-refractivity contribution < 1.29 is 14.3 Å². The monoisotopic (exact) mass is 464 g/mol. The van der Waals surface area contributed by atoms with Gasteiger partial charge in [-0.05, 0) is 45.0 Å². The van der Waals surface area contributed by atoms with Crippen molar-refractivity contribution >= 4 is 35.3 Å². The number of hydrogen-bond acceptors (Lipinski definition) is 7. The van der Waals surface area contributed by atoms with E-state index in [1.54, 1.807) is 25.6 Å². The molecule has 2 aromatic carbocycles. The Morgan fingerprint density at radius 1 is 0.939 bits per heavy atom. The topological polar surface area (TPSA) is 65.5 Å². The molecule has 2 amide bonds. The number of piperazine rings is 1. The van der Waals surface area contributed by atoms with E-state index in [1.165, 1.54) is 20.3 Å². The Morgan fingerprint density at radius 3 is 2.36 bits per heavy atom. The number of ether oxygens (including phenoxy) is 1. The first kappa shape index (κ1) is 22.0. The van der Waals surface area contributed by atoms with Crippen molar-refractivity contribution in [2.75, 3.05) is 39.3 Å². The molecule has 3 aliphatic rings. The lowest BCUT2D eigenvalue weighted by atomic mass is 10.1. The highest BCUT2D eigenvalue weighted by molar-refractivity contribution is 7.99. The van der Waals surface area contributed by atoms with Gasteiger partial charge in [0.25, 0.3) is 5.91 Å². The summed E-state index contributed by atoms with van der Waals surface area (Å²) >= 11 is 1.77. The van der Waals surface area contributed by atoms with Crippen LogP contribution in [0.15, 0.2) is 63.3 Å². The molecule has 0 bridgehead atoms. The van der Waals surface area contributed by atoms with Crippen LogP contribution in [0.4, 0.5) is 10.5 Å². The van der Waals surface area contributed by atoms with Gasteiger partial charge in [-0.3, -0.25) is 9.69 Å². The average Bonchev–Trinajstić information content (AvgIpc) is 2.93. The normalized spacial score (nSPS) is 20.1. The molecule has 0 aliphatic carbocycles. The molecule has 0 unspecified atom stereocenters. The van der Waals surface area contributed by atoms with Crippen molar-refractivity contribution in [3.05, 3.63) is 54.1 Å². The van der Waals surface area contributed by atoms with Gasteiger partial charge in [-0.15, -0.1) is 0 Å². The van der Waals surface area contributed by atoms with Crippen LogP contribution in [0, 0.1) is 0 Å². The summed E-state index contributed by atoms with van der Waals surface area (Å²) in [7, 11) is 0. The van der Waals surface area contributed by atoms with E-state index in [-0.39, 0.29) is 5.91 Å². The maximum absolute atomic E-state index is 12.3. The third kappa shape index (κ3) is 4.37. The summed E-state index contributed by atoms with van der Waals surface area (Å²) in [6.07, 6.45) is 0.211. The van der Waals surface area contributed by atoms with Gasteiger partial charge >= 0.3 is 6.09 Å². The minimum Gasteiger partial charge on any atom is -0.433 e. The molecule has 3 aliphatic heterocycles. The van der Waals surface area contributed by atoms with Crippen LogP contribution in [0.5, 0.6) is 0 Å². The van der Waals surface area contributed by atoms with Gasteiger partial charge in [-0.1, -0.05) is 42.1 Å². The van der Waals surface area contributed by atoms with Crippen LogP contribution in [-0.4, -0.2) is 77.4 Å². The fourth-order valence-electron chi connectivity index (χ4n) is 4.46. The molecule has 0 spiro atoms. The molecule has 3 heterocycles. The molecule has 0 N–H and O–H groups in total. The van der Waals surface area contributed by atoms with Crippen LogP contribution in [0.3, 0.4) is 0 Å². The number of nitrogens with zero attached hydrogens (tertiary/aromatic N) is 4. The van der Waals surface area contributed by atoms with Crippen molar-refractivity contribution in [3.8, 4) is 0 Å². The molecule has 7 nitrogen and oxygen atoms in total. The summed E-state index contributed by atoms with van der Waals surface area (Å²) < 4.78 is 5.16. The maximum Gasteiger partial charge on any atom is 0.417 e. The zero-order valence-corrected chi connectivity index (χ0v) is 19.8. The third-order valence-electron chi connectivity index (χ3n) is 6.29. The number of amidine groups is 1. The number of imide groups is 1. The van der Waals surface area contributed by atoms with E-state index in [4.69, 9.17) is 9.73 Å². The Labute approximate surface area is 198 Å². The van der Waals surface area contributed by atoms with Crippen molar-refractivity contribution in [3.63, 3.8) is 0 Å². The molecule has 33 heavy (non-hydrogen) atoms. The summed E-state index contributed by atoms with van der Waals surface area (Å²) in [5.74, 6) is 0.788. The van der Waals surface area contributed by atoms with Gasteiger partial charge < -0.3 is 9.64 Å². The fourth-order valence-corrected chi connectivity index (χ4v) is 5.48. The molecule has 2 saturated heterocycles. The Morgan fingerprint density at radius 2 is 1.64 bits per heavy atom. The highest BCUT2D eigenvalue weighted by Crippen LogP contribution is 2.40. The number of fused-ring (bicyclic) bond motifs is 2. The van der Waals surface area contributed by atoms with E-state index >= 15 is 0 Å². The summed E-state index contributed by atoms with van der Waals surface area (Å²) in [5, 5.41) is 0. The minimum atomic E-state index is -1.05. The predicted molar refractivity (Wildman–Crippen MR) is 128 cm³/mol. The molecule has 0 saturated carbocycles. The maximum atomic E-state index is 12.3. The molecule has 5 rings (SSSR count). The number of amides is 2. The Kier molecular flexibility index (Phi) is 5.88. The van der Waals surface area contributed by atoms with Crippen molar-refractivity contribution in [2.45, 2.75) is 35.7 Å². The molecule has 0 atom stereocenters. The Bertz CT molecular complexity index is 1110. The minimum absolute atomic E-state index is 0.250.